The lowest BCUT2D eigenvalue weighted by Crippen LogP contribution is -2.00. The number of carbonyl (C=O) groups excluding carboxylic acids is 1. The highest BCUT2D eigenvalue weighted by Gasteiger charge is 2.08. The molecule has 0 atom stereocenters. The maximum Gasteiger partial charge on any atom is 0.161 e. The molecular weight excluding hydrogens is 174 g/mol. The number of hydrogen-bond acceptors (Lipinski definition) is 2. The first-order valence-corrected chi connectivity index (χ1v) is 3.96. The average molecular weight is 184 g/mol. The second kappa shape index (κ2) is 3.15. The topological polar surface area (TPSA) is 43.1 Å². The fourth-order valence-electron chi connectivity index (χ4n) is 1.04. The van der Waals surface area contributed by atoms with Crippen molar-refractivity contribution in [2.75, 3.05) is 5.73 Å². The quantitative estimate of drug-likeness (QED) is 0.537. The molecule has 1 aromatic rings. The fourth-order valence-corrected chi connectivity index (χ4v) is 1.32. The van der Waals surface area contributed by atoms with Gasteiger partial charge in [-0.25, -0.2) is 0 Å². The number of rotatable bonds is 1. The number of benzene rings is 1. The SMILES string of the molecule is CC(=O)c1cc(C)cc(Cl)c1N. The zero-order valence-corrected chi connectivity index (χ0v) is 7.77. The molecule has 0 aliphatic heterocycles. The molecular formula is C9H10ClNO. The number of carbonyl (C=O) groups is 1. The fraction of sp³-hybridized carbons (Fsp3) is 0.222. The van der Waals surface area contributed by atoms with Gasteiger partial charge in [0.2, 0.25) is 0 Å². The van der Waals surface area contributed by atoms with Gasteiger partial charge in [-0.15, -0.1) is 0 Å². The van der Waals surface area contributed by atoms with Crippen LogP contribution in [-0.4, -0.2) is 5.78 Å². The molecule has 0 spiro atoms. The second-order valence-electron chi connectivity index (χ2n) is 2.76. The summed E-state index contributed by atoms with van der Waals surface area (Å²) in [6, 6.07) is 3.48. The van der Waals surface area contributed by atoms with Crippen LogP contribution in [0.3, 0.4) is 0 Å². The number of halogens is 1. The standard InChI is InChI=1S/C9H10ClNO/c1-5-3-7(6(2)12)9(11)8(10)4-5/h3-4H,11H2,1-2H3. The number of nitrogens with two attached hydrogens (primary N) is 1. The third-order valence-corrected chi connectivity index (χ3v) is 1.97. The Hall–Kier alpha value is -1.02. The van der Waals surface area contributed by atoms with E-state index < -0.39 is 0 Å². The van der Waals surface area contributed by atoms with Gasteiger partial charge in [0, 0.05) is 5.56 Å². The van der Waals surface area contributed by atoms with Crippen molar-refractivity contribution in [3.8, 4) is 0 Å². The summed E-state index contributed by atoms with van der Waals surface area (Å²) in [5.41, 5.74) is 7.41. The van der Waals surface area contributed by atoms with Crippen molar-refractivity contribution in [1.29, 1.82) is 0 Å². The van der Waals surface area contributed by atoms with Crippen LogP contribution >= 0.6 is 11.6 Å². The monoisotopic (exact) mass is 183 g/mol. The van der Waals surface area contributed by atoms with Crippen molar-refractivity contribution in [1.82, 2.24) is 0 Å². The molecule has 3 heteroatoms. The lowest BCUT2D eigenvalue weighted by Gasteiger charge is -2.04. The minimum Gasteiger partial charge on any atom is -0.397 e. The molecule has 1 rings (SSSR count). The zero-order chi connectivity index (χ0) is 9.30. The van der Waals surface area contributed by atoms with E-state index in [4.69, 9.17) is 17.3 Å². The first-order valence-electron chi connectivity index (χ1n) is 3.59. The van der Waals surface area contributed by atoms with Gasteiger partial charge in [0.05, 0.1) is 10.7 Å². The van der Waals surface area contributed by atoms with Crippen LogP contribution in [0, 0.1) is 6.92 Å². The molecule has 0 radical (unpaired) electrons. The molecule has 2 N–H and O–H groups in total. The molecule has 0 unspecified atom stereocenters. The molecule has 2 nitrogen and oxygen atoms in total. The van der Waals surface area contributed by atoms with Crippen molar-refractivity contribution >= 4 is 23.1 Å². The summed E-state index contributed by atoms with van der Waals surface area (Å²) in [5, 5.41) is 0.445. The van der Waals surface area contributed by atoms with Crippen LogP contribution < -0.4 is 5.73 Å². The van der Waals surface area contributed by atoms with Crippen LogP contribution in [0.25, 0.3) is 0 Å². The van der Waals surface area contributed by atoms with Gasteiger partial charge in [0.15, 0.2) is 5.78 Å². The van der Waals surface area contributed by atoms with Gasteiger partial charge < -0.3 is 5.73 Å². The molecule has 1 aromatic carbocycles. The van der Waals surface area contributed by atoms with Gasteiger partial charge >= 0.3 is 0 Å². The molecule has 0 saturated carbocycles. The maximum absolute atomic E-state index is 11.0. The predicted octanol–water partition coefficient (Wildman–Crippen LogP) is 2.43. The van der Waals surface area contributed by atoms with Crippen LogP contribution in [0.2, 0.25) is 5.02 Å². The van der Waals surface area contributed by atoms with E-state index in [1.165, 1.54) is 6.92 Å². The number of aryl methyl sites for hydroxylation is 1. The van der Waals surface area contributed by atoms with Crippen molar-refractivity contribution in [2.24, 2.45) is 0 Å². The van der Waals surface area contributed by atoms with E-state index in [0.29, 0.717) is 16.3 Å². The lowest BCUT2D eigenvalue weighted by molar-refractivity contribution is 0.101. The first kappa shape index (κ1) is 9.07. The Bertz CT molecular complexity index is 334. The van der Waals surface area contributed by atoms with Gasteiger partial charge in [0.1, 0.15) is 0 Å². The first-order chi connectivity index (χ1) is 5.52. The Morgan fingerprint density at radius 2 is 2.08 bits per heavy atom. The van der Waals surface area contributed by atoms with Gasteiger partial charge in [-0.2, -0.15) is 0 Å². The predicted molar refractivity (Wildman–Crippen MR) is 50.6 cm³/mol. The summed E-state index contributed by atoms with van der Waals surface area (Å²) < 4.78 is 0. The van der Waals surface area contributed by atoms with E-state index in [1.807, 2.05) is 6.92 Å². The summed E-state index contributed by atoms with van der Waals surface area (Å²) in [5.74, 6) is -0.0573. The summed E-state index contributed by atoms with van der Waals surface area (Å²) in [6.07, 6.45) is 0. The van der Waals surface area contributed by atoms with E-state index in [0.717, 1.165) is 5.56 Å². The Balaban J connectivity index is 3.37. The molecule has 64 valence electrons. The lowest BCUT2D eigenvalue weighted by atomic mass is 10.1. The smallest absolute Gasteiger partial charge is 0.161 e. The largest absolute Gasteiger partial charge is 0.397 e. The minimum atomic E-state index is -0.0573. The van der Waals surface area contributed by atoms with E-state index in [-0.39, 0.29) is 5.78 Å². The van der Waals surface area contributed by atoms with Crippen LogP contribution in [0.5, 0.6) is 0 Å². The van der Waals surface area contributed by atoms with Crippen LogP contribution in [-0.2, 0) is 0 Å². The van der Waals surface area contributed by atoms with E-state index in [9.17, 15) is 4.79 Å². The number of hydrogen-bond donors (Lipinski definition) is 1. The van der Waals surface area contributed by atoms with Gasteiger partial charge in [0.25, 0.3) is 0 Å². The number of ketones is 1. The summed E-state index contributed by atoms with van der Waals surface area (Å²) in [6.45, 7) is 3.35. The Morgan fingerprint density at radius 3 is 2.58 bits per heavy atom. The molecule has 0 fully saturated rings. The summed E-state index contributed by atoms with van der Waals surface area (Å²) in [7, 11) is 0. The van der Waals surface area contributed by atoms with E-state index in [2.05, 4.69) is 0 Å². The van der Waals surface area contributed by atoms with Crippen molar-refractivity contribution < 1.29 is 4.79 Å². The third-order valence-electron chi connectivity index (χ3n) is 1.65. The van der Waals surface area contributed by atoms with Crippen molar-refractivity contribution in [3.05, 3.63) is 28.3 Å². The van der Waals surface area contributed by atoms with E-state index in [1.54, 1.807) is 12.1 Å². The third kappa shape index (κ3) is 1.59. The molecule has 0 amide bonds. The zero-order valence-electron chi connectivity index (χ0n) is 7.02. The Labute approximate surface area is 76.3 Å². The summed E-state index contributed by atoms with van der Waals surface area (Å²) >= 11 is 5.79. The van der Waals surface area contributed by atoms with Crippen LogP contribution in [0.15, 0.2) is 12.1 Å². The molecule has 12 heavy (non-hydrogen) atoms. The summed E-state index contributed by atoms with van der Waals surface area (Å²) in [4.78, 5) is 11.0. The molecule has 0 bridgehead atoms. The number of anilines is 1. The Kier molecular flexibility index (Phi) is 2.38. The molecule has 0 aromatic heterocycles. The van der Waals surface area contributed by atoms with Crippen molar-refractivity contribution in [2.45, 2.75) is 13.8 Å². The van der Waals surface area contributed by atoms with Crippen LogP contribution in [0.1, 0.15) is 22.8 Å². The highest BCUT2D eigenvalue weighted by atomic mass is 35.5. The molecule has 0 heterocycles. The van der Waals surface area contributed by atoms with Gasteiger partial charge in [-0.05, 0) is 31.5 Å². The van der Waals surface area contributed by atoms with E-state index >= 15 is 0 Å². The normalized spacial score (nSPS) is 9.92. The average Bonchev–Trinajstić information content (AvgIpc) is 1.96. The minimum absolute atomic E-state index is 0.0573. The van der Waals surface area contributed by atoms with Gasteiger partial charge in [-0.3, -0.25) is 4.79 Å². The number of nitrogen functional groups attached to an aromatic ring is 1. The maximum atomic E-state index is 11.0. The van der Waals surface area contributed by atoms with Crippen LogP contribution in [0.4, 0.5) is 5.69 Å². The highest BCUT2D eigenvalue weighted by molar-refractivity contribution is 6.34. The van der Waals surface area contributed by atoms with Gasteiger partial charge in [-0.1, -0.05) is 11.6 Å². The second-order valence-corrected chi connectivity index (χ2v) is 3.17. The molecule has 0 saturated heterocycles. The molecule has 0 aliphatic rings. The van der Waals surface area contributed by atoms with Crippen molar-refractivity contribution in [3.63, 3.8) is 0 Å². The highest BCUT2D eigenvalue weighted by Crippen LogP contribution is 2.24. The number of Topliss-reactive ketones (excluding diaryl/α,β-unsaturated/α-hetero) is 1. The Morgan fingerprint density at radius 1 is 1.50 bits per heavy atom. The molecule has 0 aliphatic carbocycles.